The van der Waals surface area contributed by atoms with Crippen molar-refractivity contribution in [3.8, 4) is 0 Å². The summed E-state index contributed by atoms with van der Waals surface area (Å²) in [6.07, 6.45) is 0.595. The lowest BCUT2D eigenvalue weighted by Gasteiger charge is -2.24. The minimum atomic E-state index is -4.35. The van der Waals surface area contributed by atoms with Gasteiger partial charge in [-0.15, -0.1) is 0 Å². The van der Waals surface area contributed by atoms with Crippen molar-refractivity contribution < 1.29 is 32.4 Å². The van der Waals surface area contributed by atoms with Gasteiger partial charge in [-0.25, -0.2) is 4.79 Å². The van der Waals surface area contributed by atoms with Crippen molar-refractivity contribution >= 4 is 33.4 Å². The van der Waals surface area contributed by atoms with Crippen LogP contribution in [0.15, 0.2) is 24.3 Å². The molecule has 0 aliphatic rings. The second-order valence-corrected chi connectivity index (χ2v) is 9.57. The van der Waals surface area contributed by atoms with E-state index in [-0.39, 0.29) is 5.30 Å². The van der Waals surface area contributed by atoms with Gasteiger partial charge in [-0.05, 0) is 24.6 Å². The van der Waals surface area contributed by atoms with Crippen LogP contribution >= 0.6 is 7.60 Å². The molecule has 0 aliphatic heterocycles. The molecule has 0 aromatic heterocycles. The zero-order valence-electron chi connectivity index (χ0n) is 13.8. The number of hydrogen-bond acceptors (Lipinski definition) is 5. The monoisotopic (exact) mass is 378 g/mol. The molecule has 1 rings (SSSR count). The lowest BCUT2D eigenvalue weighted by atomic mass is 10.3. The van der Waals surface area contributed by atoms with Crippen LogP contribution in [0.25, 0.3) is 0 Å². The third kappa shape index (κ3) is 6.33. The van der Waals surface area contributed by atoms with E-state index in [0.717, 1.165) is 0 Å². The number of nitrogens with one attached hydrogen (secondary N) is 2. The van der Waals surface area contributed by atoms with Gasteiger partial charge in [0.15, 0.2) is 0 Å². The van der Waals surface area contributed by atoms with Gasteiger partial charge < -0.3 is 33.7 Å². The van der Waals surface area contributed by atoms with Crippen LogP contribution in [0.1, 0.15) is 6.42 Å². The maximum Gasteiger partial charge on any atom is 0.500 e. The highest BCUT2D eigenvalue weighted by atomic mass is 31.2. The van der Waals surface area contributed by atoms with E-state index in [2.05, 4.69) is 10.6 Å². The number of amides is 2. The minimum absolute atomic E-state index is 0.156. The molecule has 136 valence electrons. The van der Waals surface area contributed by atoms with Crippen molar-refractivity contribution in [2.24, 2.45) is 0 Å². The van der Waals surface area contributed by atoms with Crippen LogP contribution in [-0.2, 0) is 17.8 Å². The van der Waals surface area contributed by atoms with Crippen molar-refractivity contribution in [3.63, 3.8) is 0 Å². The highest BCUT2D eigenvalue weighted by Gasteiger charge is 2.36. The van der Waals surface area contributed by atoms with Gasteiger partial charge in [0.25, 0.3) is 0 Å². The molecule has 2 amide bonds. The van der Waals surface area contributed by atoms with Gasteiger partial charge in [-0.3, -0.25) is 4.57 Å². The molecule has 0 aliphatic carbocycles. The van der Waals surface area contributed by atoms with Crippen molar-refractivity contribution in [1.82, 2.24) is 5.32 Å². The number of hydrogen-bond donors (Lipinski definition) is 4. The molecular formula is C13H23N2O7PSi. The van der Waals surface area contributed by atoms with E-state index in [4.69, 9.17) is 23.1 Å². The van der Waals surface area contributed by atoms with Gasteiger partial charge in [-0.1, -0.05) is 6.07 Å². The number of benzene rings is 1. The molecule has 1 aromatic rings. The summed E-state index contributed by atoms with van der Waals surface area (Å²) >= 11 is 0. The van der Waals surface area contributed by atoms with E-state index in [0.29, 0.717) is 24.7 Å². The molecule has 0 radical (unpaired) electrons. The number of carbonyl (C=O) groups excluding carboxylic acids is 1. The van der Waals surface area contributed by atoms with Gasteiger partial charge in [0.2, 0.25) is 0 Å². The minimum Gasteiger partial charge on any atom is -0.377 e. The molecule has 0 saturated carbocycles. The lowest BCUT2D eigenvalue weighted by molar-refractivity contribution is 0.123. The molecule has 0 fully saturated rings. The van der Waals surface area contributed by atoms with Gasteiger partial charge in [-0.2, -0.15) is 0 Å². The highest BCUT2D eigenvalue weighted by molar-refractivity contribution is 7.60. The van der Waals surface area contributed by atoms with E-state index in [1.165, 1.54) is 45.6 Å². The van der Waals surface area contributed by atoms with Crippen LogP contribution in [0.5, 0.6) is 0 Å². The average molecular weight is 378 g/mol. The van der Waals surface area contributed by atoms with Gasteiger partial charge >= 0.3 is 22.4 Å². The van der Waals surface area contributed by atoms with Crippen molar-refractivity contribution in [2.75, 3.05) is 33.2 Å². The van der Waals surface area contributed by atoms with Crippen LogP contribution < -0.4 is 15.9 Å². The Morgan fingerprint density at radius 2 is 1.83 bits per heavy atom. The van der Waals surface area contributed by atoms with E-state index >= 15 is 0 Å². The third-order valence-corrected chi connectivity index (χ3v) is 7.10. The lowest BCUT2D eigenvalue weighted by Crippen LogP contribution is -2.43. The van der Waals surface area contributed by atoms with Gasteiger partial charge in [0.05, 0.1) is 5.30 Å². The van der Waals surface area contributed by atoms with Crippen LogP contribution in [-0.4, -0.2) is 52.5 Å². The highest BCUT2D eigenvalue weighted by Crippen LogP contribution is 2.33. The molecule has 9 nitrogen and oxygen atoms in total. The Morgan fingerprint density at radius 3 is 2.38 bits per heavy atom. The fourth-order valence-electron chi connectivity index (χ4n) is 2.00. The predicted octanol–water partition coefficient (Wildman–Crippen LogP) is 0.879. The zero-order chi connectivity index (χ0) is 18.2. The summed E-state index contributed by atoms with van der Waals surface area (Å²) in [5, 5.41) is 5.01. The van der Waals surface area contributed by atoms with Crippen LogP contribution in [0.3, 0.4) is 0 Å². The molecule has 0 spiro atoms. The molecular weight excluding hydrogens is 355 g/mol. The van der Waals surface area contributed by atoms with E-state index in [9.17, 15) is 9.36 Å². The molecule has 24 heavy (non-hydrogen) atoms. The second kappa shape index (κ2) is 9.28. The first-order chi connectivity index (χ1) is 11.3. The van der Waals surface area contributed by atoms with E-state index in [1.807, 2.05) is 0 Å². The van der Waals surface area contributed by atoms with Crippen molar-refractivity contribution in [1.29, 1.82) is 0 Å². The fourth-order valence-corrected chi connectivity index (χ4v) is 4.31. The summed E-state index contributed by atoms with van der Waals surface area (Å²) in [6.45, 7) is 0.370. The van der Waals surface area contributed by atoms with E-state index in [1.54, 1.807) is 0 Å². The maximum atomic E-state index is 11.8. The first-order valence-electron chi connectivity index (χ1n) is 7.13. The second-order valence-electron chi connectivity index (χ2n) is 4.87. The van der Waals surface area contributed by atoms with Crippen LogP contribution in [0.2, 0.25) is 6.04 Å². The Morgan fingerprint density at radius 1 is 1.21 bits per heavy atom. The Kier molecular flexibility index (Phi) is 8.04. The molecule has 11 heteroatoms. The van der Waals surface area contributed by atoms with Crippen molar-refractivity contribution in [2.45, 2.75) is 12.5 Å². The van der Waals surface area contributed by atoms with Gasteiger partial charge in [0.1, 0.15) is 0 Å². The predicted molar refractivity (Wildman–Crippen MR) is 91.3 cm³/mol. The summed E-state index contributed by atoms with van der Waals surface area (Å²) in [6, 6.07) is 5.60. The molecule has 0 bridgehead atoms. The number of anilines is 1. The molecule has 0 atom stereocenters. The third-order valence-electron chi connectivity index (χ3n) is 3.32. The SMILES string of the molecule is CO[Si](CCCNC(=O)Nc1cccc(P(=O)(O)O)c1)(OC)OC. The Hall–Kier alpha value is -1.26. The average Bonchev–Trinajstić information content (AvgIpc) is 2.55. The molecule has 0 saturated heterocycles. The maximum absolute atomic E-state index is 11.8. The first kappa shape index (κ1) is 20.8. The van der Waals surface area contributed by atoms with Crippen LogP contribution in [0, 0.1) is 0 Å². The number of rotatable bonds is 9. The number of carbonyl (C=O) groups is 1. The normalized spacial score (nSPS) is 12.0. The molecule has 1 aromatic carbocycles. The Bertz CT molecular complexity index is 583. The van der Waals surface area contributed by atoms with Gasteiger partial charge in [0, 0.05) is 39.6 Å². The fraction of sp³-hybridized carbons (Fsp3) is 0.462. The summed E-state index contributed by atoms with van der Waals surface area (Å²) in [5.41, 5.74) is 0.294. The summed E-state index contributed by atoms with van der Waals surface area (Å²) in [5.74, 6) is 0. The van der Waals surface area contributed by atoms with E-state index < -0.39 is 22.4 Å². The molecule has 0 unspecified atom stereocenters. The Labute approximate surface area is 141 Å². The zero-order valence-corrected chi connectivity index (χ0v) is 15.7. The summed E-state index contributed by atoms with van der Waals surface area (Å²) in [7, 11) is -2.44. The topological polar surface area (TPSA) is 126 Å². The quantitative estimate of drug-likeness (QED) is 0.285. The summed E-state index contributed by atoms with van der Waals surface area (Å²) in [4.78, 5) is 30.0. The standard InChI is InChI=1S/C13H23N2O7PSi/c1-20-24(21-2,22-3)9-5-8-14-13(16)15-11-6-4-7-12(10-11)23(17,18)19/h4,6-7,10H,5,8-9H2,1-3H3,(H2,14,15,16)(H2,17,18,19). The largest absolute Gasteiger partial charge is 0.500 e. The molecule has 4 N–H and O–H groups in total. The number of urea groups is 1. The molecule has 0 heterocycles. The summed E-state index contributed by atoms with van der Waals surface area (Å²) < 4.78 is 27.0. The first-order valence-corrected chi connectivity index (χ1v) is 10.7. The van der Waals surface area contributed by atoms with Crippen molar-refractivity contribution in [3.05, 3.63) is 24.3 Å². The smallest absolute Gasteiger partial charge is 0.377 e. The Balaban J connectivity index is 2.46. The van der Waals surface area contributed by atoms with Crippen LogP contribution in [0.4, 0.5) is 10.5 Å².